The Morgan fingerprint density at radius 3 is 2.50 bits per heavy atom. The minimum absolute atomic E-state index is 0. The summed E-state index contributed by atoms with van der Waals surface area (Å²) in [6.45, 7) is 2.98. The molecule has 9 nitrogen and oxygen atoms in total. The Bertz CT molecular complexity index is 527. The number of unbranched alkanes of at least 4 members (excludes halogenated alkanes) is 2. The Kier molecular flexibility index (Phi) is 20.8. The summed E-state index contributed by atoms with van der Waals surface area (Å²) in [6, 6.07) is 0. The van der Waals surface area contributed by atoms with E-state index in [4.69, 9.17) is 5.41 Å². The van der Waals surface area contributed by atoms with E-state index >= 15 is 0 Å². The van der Waals surface area contributed by atoms with Crippen LogP contribution in [0.4, 0.5) is 0 Å². The van der Waals surface area contributed by atoms with Crippen LogP contribution < -0.4 is 10.7 Å². The summed E-state index contributed by atoms with van der Waals surface area (Å²) in [7, 11) is 0. The molecule has 12 heteroatoms. The van der Waals surface area contributed by atoms with Gasteiger partial charge in [-0.15, -0.1) is 36.2 Å². The van der Waals surface area contributed by atoms with Gasteiger partial charge in [0.05, 0.1) is 6.20 Å². The third-order valence-corrected chi connectivity index (χ3v) is 3.35. The zero-order chi connectivity index (χ0) is 13.5. The van der Waals surface area contributed by atoms with E-state index in [1.54, 1.807) is 28.5 Å². The summed E-state index contributed by atoms with van der Waals surface area (Å²) in [5.74, 6) is 0.277. The molecule has 2 rings (SSSR count). The first-order valence-electron chi connectivity index (χ1n) is 6.33. The number of thiazole rings is 1. The number of halogens is 2. The van der Waals surface area contributed by atoms with Crippen LogP contribution in [-0.2, 0) is 0 Å². The van der Waals surface area contributed by atoms with Crippen LogP contribution >= 0.6 is 36.2 Å². The molecule has 0 bridgehead atoms. The molecular formula is C12H26Cl2N6O3S. The largest absolute Gasteiger partial charge is 0.412 e. The molecule has 0 aliphatic rings. The van der Waals surface area contributed by atoms with Gasteiger partial charge in [-0.2, -0.15) is 0 Å². The van der Waals surface area contributed by atoms with Crippen molar-refractivity contribution >= 4 is 42.1 Å². The van der Waals surface area contributed by atoms with E-state index in [0.717, 1.165) is 23.7 Å². The van der Waals surface area contributed by atoms with Crippen LogP contribution in [0.1, 0.15) is 26.2 Å². The predicted octanol–water partition coefficient (Wildman–Crippen LogP) is 0.634. The molecule has 0 saturated heterocycles. The summed E-state index contributed by atoms with van der Waals surface area (Å²) in [4.78, 5) is 8.44. The van der Waals surface area contributed by atoms with E-state index in [1.807, 2.05) is 11.6 Å². The molecule has 0 aromatic carbocycles. The molecule has 2 aromatic rings. The lowest BCUT2D eigenvalue weighted by Crippen LogP contribution is -2.34. The molecule has 0 spiro atoms. The lowest BCUT2D eigenvalue weighted by molar-refractivity contribution is 0.690. The molecule has 0 aliphatic carbocycles. The molecular weight excluding hydrogens is 379 g/mol. The smallest absolute Gasteiger partial charge is 0.207 e. The van der Waals surface area contributed by atoms with Crippen molar-refractivity contribution in [2.45, 2.75) is 26.2 Å². The summed E-state index contributed by atoms with van der Waals surface area (Å²) in [6.07, 6.45) is 8.65. The van der Waals surface area contributed by atoms with Crippen molar-refractivity contribution in [1.82, 2.24) is 20.0 Å². The van der Waals surface area contributed by atoms with Gasteiger partial charge in [-0.1, -0.05) is 19.8 Å². The number of aromatic nitrogens is 3. The highest BCUT2D eigenvalue weighted by atomic mass is 35.5. The van der Waals surface area contributed by atoms with Crippen molar-refractivity contribution in [3.63, 3.8) is 0 Å². The topological polar surface area (TPSA) is 173 Å². The van der Waals surface area contributed by atoms with Crippen LogP contribution in [0.2, 0.25) is 0 Å². The normalized spacial score (nSPS) is 8.21. The Morgan fingerprint density at radius 2 is 1.92 bits per heavy atom. The zero-order valence-electron chi connectivity index (χ0n) is 13.2. The van der Waals surface area contributed by atoms with E-state index < -0.39 is 0 Å². The molecule has 0 amide bonds. The first-order valence-corrected chi connectivity index (χ1v) is 7.21. The minimum Gasteiger partial charge on any atom is -0.412 e. The summed E-state index contributed by atoms with van der Waals surface area (Å²) in [5.41, 5.74) is 3.71. The van der Waals surface area contributed by atoms with Gasteiger partial charge in [0.15, 0.2) is 0 Å². The molecule has 0 unspecified atom stereocenters. The average molecular weight is 405 g/mol. The second-order valence-electron chi connectivity index (χ2n) is 4.12. The number of imidazole rings is 1. The minimum atomic E-state index is 0. The molecule has 0 atom stereocenters. The highest BCUT2D eigenvalue weighted by molar-refractivity contribution is 7.13. The Balaban J connectivity index is -0.000000400. The van der Waals surface area contributed by atoms with Gasteiger partial charge in [0, 0.05) is 18.1 Å². The fourth-order valence-electron chi connectivity index (χ4n) is 1.60. The second-order valence-corrected chi connectivity index (χ2v) is 5.02. The molecule has 0 fully saturated rings. The Labute approximate surface area is 157 Å². The predicted molar refractivity (Wildman–Crippen MR) is 103 cm³/mol. The summed E-state index contributed by atoms with van der Waals surface area (Å²) in [5, 5.41) is 13.6. The van der Waals surface area contributed by atoms with Crippen molar-refractivity contribution in [1.29, 1.82) is 5.41 Å². The van der Waals surface area contributed by atoms with Crippen LogP contribution in [0.3, 0.4) is 0 Å². The first-order chi connectivity index (χ1) is 9.29. The third-order valence-electron chi connectivity index (χ3n) is 2.56. The third kappa shape index (κ3) is 9.65. The molecule has 142 valence electrons. The fraction of sp³-hybridized carbons (Fsp3) is 0.417. The van der Waals surface area contributed by atoms with Crippen LogP contribution in [0, 0.1) is 5.41 Å². The fourth-order valence-corrected chi connectivity index (χ4v) is 2.20. The van der Waals surface area contributed by atoms with Gasteiger partial charge in [-0.05, 0) is 6.42 Å². The standard InChI is InChI=1S/C12H18N6S.2ClH.3H2O/c1-2-3-4-5-15-12(13)17-18-8-10(16-9-18)11-14-6-7-19-11;;;;;/h6-9H,2-5H2,1H3,(H3,13,15,17);2*1H;3*1H2. The summed E-state index contributed by atoms with van der Waals surface area (Å²) < 4.78 is 1.66. The van der Waals surface area contributed by atoms with Crippen molar-refractivity contribution in [2.75, 3.05) is 12.0 Å². The van der Waals surface area contributed by atoms with Crippen molar-refractivity contribution in [3.05, 3.63) is 24.1 Å². The number of guanidine groups is 1. The number of hydrogen-bond donors (Lipinski definition) is 3. The maximum Gasteiger partial charge on any atom is 0.207 e. The van der Waals surface area contributed by atoms with Gasteiger partial charge in [0.25, 0.3) is 0 Å². The Morgan fingerprint density at radius 1 is 1.21 bits per heavy atom. The van der Waals surface area contributed by atoms with E-state index in [0.29, 0.717) is 0 Å². The molecule has 0 aliphatic heterocycles. The zero-order valence-corrected chi connectivity index (χ0v) is 15.7. The SMILES string of the molecule is CCCCCNC(=N)Nn1cnc(-c2nccs2)c1.Cl.Cl.O.O.O. The van der Waals surface area contributed by atoms with E-state index in [-0.39, 0.29) is 47.2 Å². The molecule has 24 heavy (non-hydrogen) atoms. The van der Waals surface area contributed by atoms with Crippen molar-refractivity contribution < 1.29 is 16.4 Å². The van der Waals surface area contributed by atoms with Crippen LogP contribution in [-0.4, -0.2) is 43.6 Å². The Hall–Kier alpha value is -1.43. The number of hydrogen-bond acceptors (Lipinski definition) is 4. The highest BCUT2D eigenvalue weighted by Gasteiger charge is 2.04. The van der Waals surface area contributed by atoms with Gasteiger partial charge < -0.3 is 21.7 Å². The highest BCUT2D eigenvalue weighted by Crippen LogP contribution is 2.18. The van der Waals surface area contributed by atoms with Crippen molar-refractivity contribution in [2.24, 2.45) is 0 Å². The van der Waals surface area contributed by atoms with Crippen LogP contribution in [0.5, 0.6) is 0 Å². The summed E-state index contributed by atoms with van der Waals surface area (Å²) >= 11 is 1.54. The molecule has 2 aromatic heterocycles. The lowest BCUT2D eigenvalue weighted by Gasteiger charge is -2.09. The quantitative estimate of drug-likeness (QED) is 0.363. The second kappa shape index (κ2) is 16.4. The van der Waals surface area contributed by atoms with Gasteiger partial charge in [0.2, 0.25) is 5.96 Å². The van der Waals surface area contributed by atoms with Gasteiger partial charge >= 0.3 is 0 Å². The van der Waals surface area contributed by atoms with Gasteiger partial charge in [-0.25, -0.2) is 14.6 Å². The molecule has 2 heterocycles. The number of nitrogens with zero attached hydrogens (tertiary/aromatic N) is 3. The lowest BCUT2D eigenvalue weighted by atomic mass is 10.2. The number of rotatable bonds is 6. The molecule has 0 saturated carbocycles. The van der Waals surface area contributed by atoms with Crippen LogP contribution in [0.15, 0.2) is 24.1 Å². The van der Waals surface area contributed by atoms with Crippen molar-refractivity contribution in [3.8, 4) is 10.7 Å². The van der Waals surface area contributed by atoms with Gasteiger partial charge in [0.1, 0.15) is 17.0 Å². The van der Waals surface area contributed by atoms with Gasteiger partial charge in [-0.3, -0.25) is 10.8 Å². The van der Waals surface area contributed by atoms with E-state index in [9.17, 15) is 0 Å². The maximum atomic E-state index is 7.76. The van der Waals surface area contributed by atoms with Crippen LogP contribution in [0.25, 0.3) is 10.7 Å². The number of nitrogens with one attached hydrogen (secondary N) is 3. The van der Waals surface area contributed by atoms with E-state index in [2.05, 4.69) is 27.6 Å². The van der Waals surface area contributed by atoms with E-state index in [1.165, 1.54) is 12.8 Å². The first kappa shape index (κ1) is 30.5. The monoisotopic (exact) mass is 404 g/mol. The molecule has 0 radical (unpaired) electrons. The molecule has 9 N–H and O–H groups in total. The average Bonchev–Trinajstić information content (AvgIpc) is 3.04. The maximum absolute atomic E-state index is 7.76.